The highest BCUT2D eigenvalue weighted by Gasteiger charge is 2.10. The molecule has 1 amide bonds. The third-order valence-electron chi connectivity index (χ3n) is 3.90. The van der Waals surface area contributed by atoms with Crippen LogP contribution in [0.25, 0.3) is 0 Å². The molecule has 2 rings (SSSR count). The molecule has 128 valence electrons. The van der Waals surface area contributed by atoms with E-state index in [1.165, 1.54) is 5.56 Å². The van der Waals surface area contributed by atoms with Crippen LogP contribution in [0.4, 0.5) is 0 Å². The first-order valence-corrected chi connectivity index (χ1v) is 8.56. The number of amides is 1. The van der Waals surface area contributed by atoms with Gasteiger partial charge in [-0.3, -0.25) is 4.79 Å². The van der Waals surface area contributed by atoms with E-state index in [2.05, 4.69) is 17.4 Å². The number of hydrogen-bond donors (Lipinski definition) is 1. The van der Waals surface area contributed by atoms with Gasteiger partial charge in [-0.2, -0.15) is 0 Å². The molecule has 4 heteroatoms. The smallest absolute Gasteiger partial charge is 0.258 e. The molecule has 3 nitrogen and oxygen atoms in total. The van der Waals surface area contributed by atoms with Gasteiger partial charge in [0.25, 0.3) is 5.91 Å². The minimum atomic E-state index is -0.110. The van der Waals surface area contributed by atoms with Crippen molar-refractivity contribution in [2.24, 2.45) is 0 Å². The Balaban J connectivity index is 1.76. The van der Waals surface area contributed by atoms with E-state index in [1.54, 1.807) is 0 Å². The zero-order valence-electron chi connectivity index (χ0n) is 14.4. The van der Waals surface area contributed by atoms with Crippen molar-refractivity contribution < 1.29 is 9.53 Å². The summed E-state index contributed by atoms with van der Waals surface area (Å²) in [6, 6.07) is 14.1. The second kappa shape index (κ2) is 8.74. The summed E-state index contributed by atoms with van der Waals surface area (Å²) < 4.78 is 5.58. The van der Waals surface area contributed by atoms with Crippen LogP contribution in [-0.2, 0) is 11.2 Å². The third-order valence-corrected chi connectivity index (χ3v) is 4.49. The first-order valence-electron chi connectivity index (χ1n) is 8.18. The van der Waals surface area contributed by atoms with E-state index in [0.29, 0.717) is 5.75 Å². The number of nitrogens with one attached hydrogen (secondary N) is 1. The lowest BCUT2D eigenvalue weighted by molar-refractivity contribution is -0.123. The fourth-order valence-electron chi connectivity index (χ4n) is 2.55. The molecular weight excluding hydrogens is 322 g/mol. The van der Waals surface area contributed by atoms with E-state index in [9.17, 15) is 4.79 Å². The molecule has 0 heterocycles. The molecule has 0 radical (unpaired) electrons. The van der Waals surface area contributed by atoms with Crippen LogP contribution in [0.3, 0.4) is 0 Å². The quantitative estimate of drug-likeness (QED) is 0.803. The van der Waals surface area contributed by atoms with Crippen LogP contribution in [0.5, 0.6) is 5.75 Å². The van der Waals surface area contributed by atoms with Crippen LogP contribution >= 0.6 is 11.6 Å². The highest BCUT2D eigenvalue weighted by atomic mass is 35.5. The van der Waals surface area contributed by atoms with Gasteiger partial charge in [0, 0.05) is 11.1 Å². The van der Waals surface area contributed by atoms with Gasteiger partial charge in [0.05, 0.1) is 0 Å². The number of aryl methyl sites for hydroxylation is 3. The van der Waals surface area contributed by atoms with Crippen molar-refractivity contribution in [3.05, 3.63) is 64.2 Å². The molecule has 0 aliphatic rings. The topological polar surface area (TPSA) is 38.3 Å². The molecule has 2 aromatic carbocycles. The summed E-state index contributed by atoms with van der Waals surface area (Å²) in [6.45, 7) is 5.87. The number of carbonyl (C=O) groups is 1. The van der Waals surface area contributed by atoms with E-state index >= 15 is 0 Å². The average Bonchev–Trinajstić information content (AvgIpc) is 2.57. The third kappa shape index (κ3) is 5.57. The molecule has 1 atom stereocenters. The molecule has 0 aliphatic heterocycles. The molecule has 0 fully saturated rings. The number of carbonyl (C=O) groups excluding carboxylic acids is 1. The summed E-state index contributed by atoms with van der Waals surface area (Å²) >= 11 is 6.13. The Labute approximate surface area is 149 Å². The van der Waals surface area contributed by atoms with E-state index in [4.69, 9.17) is 16.3 Å². The average molecular weight is 346 g/mol. The van der Waals surface area contributed by atoms with Gasteiger partial charge in [0.15, 0.2) is 6.61 Å². The number of hydrogen-bond acceptors (Lipinski definition) is 2. The Morgan fingerprint density at radius 1 is 1.17 bits per heavy atom. The predicted octanol–water partition coefficient (Wildman–Crippen LogP) is 4.47. The minimum Gasteiger partial charge on any atom is -0.484 e. The molecule has 0 spiro atoms. The van der Waals surface area contributed by atoms with E-state index in [-0.39, 0.29) is 18.6 Å². The molecule has 0 aliphatic carbocycles. The molecule has 0 saturated heterocycles. The number of benzene rings is 2. The summed E-state index contributed by atoms with van der Waals surface area (Å²) in [5.74, 6) is 0.558. The highest BCUT2D eigenvalue weighted by Crippen LogP contribution is 2.25. The van der Waals surface area contributed by atoms with Gasteiger partial charge in [-0.15, -0.1) is 0 Å². The fraction of sp³-hybridized carbons (Fsp3) is 0.350. The SMILES string of the molecule is Cc1cc(OCC(=O)N[C@H](C)CCc2ccccc2)cc(C)c1Cl. The normalized spacial score (nSPS) is 11.8. The van der Waals surface area contributed by atoms with Crippen molar-refractivity contribution in [1.29, 1.82) is 0 Å². The van der Waals surface area contributed by atoms with Crippen molar-refractivity contribution in [1.82, 2.24) is 5.32 Å². The summed E-state index contributed by atoms with van der Waals surface area (Å²) in [7, 11) is 0. The predicted molar refractivity (Wildman–Crippen MR) is 98.8 cm³/mol. The zero-order valence-corrected chi connectivity index (χ0v) is 15.2. The maximum atomic E-state index is 12.0. The molecular formula is C20H24ClNO2. The number of rotatable bonds is 7. The molecule has 24 heavy (non-hydrogen) atoms. The van der Waals surface area contributed by atoms with Crippen LogP contribution in [0.15, 0.2) is 42.5 Å². The van der Waals surface area contributed by atoms with Crippen molar-refractivity contribution in [2.45, 2.75) is 39.7 Å². The maximum Gasteiger partial charge on any atom is 0.258 e. The van der Waals surface area contributed by atoms with Crippen molar-refractivity contribution in [3.8, 4) is 5.75 Å². The van der Waals surface area contributed by atoms with Crippen LogP contribution in [-0.4, -0.2) is 18.6 Å². The second-order valence-electron chi connectivity index (χ2n) is 6.15. The molecule has 0 aromatic heterocycles. The summed E-state index contributed by atoms with van der Waals surface area (Å²) in [5, 5.41) is 3.71. The second-order valence-corrected chi connectivity index (χ2v) is 6.53. The van der Waals surface area contributed by atoms with Gasteiger partial charge in [0.2, 0.25) is 0 Å². The molecule has 0 saturated carbocycles. The zero-order chi connectivity index (χ0) is 17.5. The number of ether oxygens (including phenoxy) is 1. The molecule has 0 unspecified atom stereocenters. The van der Waals surface area contributed by atoms with Crippen molar-refractivity contribution >= 4 is 17.5 Å². The molecule has 2 aromatic rings. The lowest BCUT2D eigenvalue weighted by Crippen LogP contribution is -2.36. The van der Waals surface area contributed by atoms with Crippen LogP contribution in [0, 0.1) is 13.8 Å². The number of halogens is 1. The highest BCUT2D eigenvalue weighted by molar-refractivity contribution is 6.32. The minimum absolute atomic E-state index is 0.0101. The Kier molecular flexibility index (Phi) is 6.68. The Bertz CT molecular complexity index is 662. The lowest BCUT2D eigenvalue weighted by Gasteiger charge is -2.15. The van der Waals surface area contributed by atoms with Crippen molar-refractivity contribution in [3.63, 3.8) is 0 Å². The van der Waals surface area contributed by atoms with E-state index in [0.717, 1.165) is 29.0 Å². The van der Waals surface area contributed by atoms with Gasteiger partial charge < -0.3 is 10.1 Å². The monoisotopic (exact) mass is 345 g/mol. The van der Waals surface area contributed by atoms with Crippen LogP contribution in [0.2, 0.25) is 5.02 Å². The van der Waals surface area contributed by atoms with Gasteiger partial charge in [-0.25, -0.2) is 0 Å². The summed E-state index contributed by atoms with van der Waals surface area (Å²) in [5.41, 5.74) is 3.17. The summed E-state index contributed by atoms with van der Waals surface area (Å²) in [6.07, 6.45) is 1.84. The van der Waals surface area contributed by atoms with Crippen LogP contribution in [0.1, 0.15) is 30.0 Å². The lowest BCUT2D eigenvalue weighted by atomic mass is 10.1. The Morgan fingerprint density at radius 2 is 1.79 bits per heavy atom. The van der Waals surface area contributed by atoms with Gasteiger partial charge in [-0.1, -0.05) is 41.9 Å². The largest absolute Gasteiger partial charge is 0.484 e. The van der Waals surface area contributed by atoms with Crippen LogP contribution < -0.4 is 10.1 Å². The summed E-state index contributed by atoms with van der Waals surface area (Å²) in [4.78, 5) is 12.0. The Morgan fingerprint density at radius 3 is 2.42 bits per heavy atom. The van der Waals surface area contributed by atoms with Gasteiger partial charge >= 0.3 is 0 Å². The molecule has 0 bridgehead atoms. The van der Waals surface area contributed by atoms with Crippen molar-refractivity contribution in [2.75, 3.05) is 6.61 Å². The first-order chi connectivity index (χ1) is 11.5. The van der Waals surface area contributed by atoms with Gasteiger partial charge in [0.1, 0.15) is 5.75 Å². The fourth-order valence-corrected chi connectivity index (χ4v) is 2.66. The van der Waals surface area contributed by atoms with E-state index in [1.807, 2.05) is 51.1 Å². The maximum absolute atomic E-state index is 12.0. The molecule has 1 N–H and O–H groups in total. The van der Waals surface area contributed by atoms with Gasteiger partial charge in [-0.05, 0) is 62.4 Å². The Hall–Kier alpha value is -2.00. The standard InChI is InChI=1S/C20H24ClNO2/c1-14-11-18(12-15(2)20(14)21)24-13-19(23)22-16(3)9-10-17-7-5-4-6-8-17/h4-8,11-12,16H,9-10,13H2,1-3H3,(H,22,23)/t16-/m1/s1. The van der Waals surface area contributed by atoms with E-state index < -0.39 is 0 Å². The first kappa shape index (κ1) is 18.3.